The van der Waals surface area contributed by atoms with E-state index in [0.29, 0.717) is 25.5 Å². The predicted octanol–water partition coefficient (Wildman–Crippen LogP) is 2.91. The van der Waals surface area contributed by atoms with Gasteiger partial charge in [-0.3, -0.25) is 0 Å². The van der Waals surface area contributed by atoms with Crippen molar-refractivity contribution in [1.82, 2.24) is 14.8 Å². The molecule has 0 aliphatic heterocycles. The van der Waals surface area contributed by atoms with Crippen molar-refractivity contribution in [2.24, 2.45) is 0 Å². The molecule has 6 heteroatoms. The lowest BCUT2D eigenvalue weighted by molar-refractivity contribution is 0.185. The normalized spacial score (nSPS) is 10.9. The highest BCUT2D eigenvalue weighted by molar-refractivity contribution is 6.31. The van der Waals surface area contributed by atoms with Gasteiger partial charge in [0.05, 0.1) is 12.5 Å². The lowest BCUT2D eigenvalue weighted by Gasteiger charge is -2.09. The number of nitrogens with zero attached hydrogens (tertiary/aromatic N) is 3. The molecule has 0 spiro atoms. The average molecular weight is 300 g/mol. The summed E-state index contributed by atoms with van der Waals surface area (Å²) in [6, 6.07) is 7.72. The van der Waals surface area contributed by atoms with Gasteiger partial charge in [-0.25, -0.2) is 0 Å². The highest BCUT2D eigenvalue weighted by Crippen LogP contribution is 2.19. The number of rotatable bonds is 6. The van der Waals surface area contributed by atoms with Gasteiger partial charge >= 0.3 is 0 Å². The molecule has 0 aliphatic carbocycles. The number of methoxy groups -OCH3 is 1. The van der Waals surface area contributed by atoms with Crippen LogP contribution in [0.1, 0.15) is 17.2 Å². The van der Waals surface area contributed by atoms with Gasteiger partial charge in [-0.15, -0.1) is 21.8 Å². The zero-order chi connectivity index (χ0) is 13.7. The van der Waals surface area contributed by atoms with E-state index in [4.69, 9.17) is 27.9 Å². The number of aromatic nitrogens is 3. The highest BCUT2D eigenvalue weighted by atomic mass is 35.5. The molecule has 0 atom stereocenters. The largest absolute Gasteiger partial charge is 0.383 e. The Balaban J connectivity index is 2.24. The van der Waals surface area contributed by atoms with E-state index in [9.17, 15) is 0 Å². The predicted molar refractivity (Wildman–Crippen MR) is 75.7 cm³/mol. The molecule has 4 nitrogen and oxygen atoms in total. The minimum Gasteiger partial charge on any atom is -0.383 e. The molecule has 1 heterocycles. The molecular formula is C13H15Cl2N3O. The number of alkyl halides is 1. The van der Waals surface area contributed by atoms with Crippen molar-refractivity contribution in [2.75, 3.05) is 13.7 Å². The van der Waals surface area contributed by atoms with Crippen molar-refractivity contribution in [3.8, 4) is 0 Å². The van der Waals surface area contributed by atoms with Crippen molar-refractivity contribution in [2.45, 2.75) is 18.8 Å². The maximum Gasteiger partial charge on any atom is 0.148 e. The van der Waals surface area contributed by atoms with Crippen LogP contribution in [0.4, 0.5) is 0 Å². The zero-order valence-corrected chi connectivity index (χ0v) is 12.2. The lowest BCUT2D eigenvalue weighted by Crippen LogP contribution is -2.11. The number of halogens is 2. The first kappa shape index (κ1) is 14.3. The quantitative estimate of drug-likeness (QED) is 0.770. The second-order valence-electron chi connectivity index (χ2n) is 4.08. The summed E-state index contributed by atoms with van der Waals surface area (Å²) in [4.78, 5) is 0. The second-order valence-corrected chi connectivity index (χ2v) is 4.75. The number of ether oxygens (including phenoxy) is 1. The summed E-state index contributed by atoms with van der Waals surface area (Å²) in [7, 11) is 1.67. The third kappa shape index (κ3) is 3.47. The first-order valence-corrected chi connectivity index (χ1v) is 6.86. The van der Waals surface area contributed by atoms with Gasteiger partial charge in [-0.05, 0) is 11.6 Å². The molecule has 19 heavy (non-hydrogen) atoms. The standard InChI is InChI=1S/C13H15Cl2N3O/c1-19-7-6-18-12(16-17-13(18)9-14)8-10-4-2-3-5-11(10)15/h2-5H,6-9H2,1H3. The summed E-state index contributed by atoms with van der Waals surface area (Å²) in [6.07, 6.45) is 0.632. The minimum atomic E-state index is 0.333. The molecule has 0 amide bonds. The molecule has 0 saturated heterocycles. The summed E-state index contributed by atoms with van der Waals surface area (Å²) in [5, 5.41) is 9.02. The molecule has 0 aliphatic rings. The Morgan fingerprint density at radius 3 is 2.63 bits per heavy atom. The van der Waals surface area contributed by atoms with E-state index in [-0.39, 0.29) is 0 Å². The van der Waals surface area contributed by atoms with Crippen LogP contribution in [0.5, 0.6) is 0 Å². The Morgan fingerprint density at radius 1 is 1.21 bits per heavy atom. The SMILES string of the molecule is COCCn1c(CCl)nnc1Cc1ccccc1Cl. The molecule has 2 aromatic rings. The van der Waals surface area contributed by atoms with Crippen molar-refractivity contribution < 1.29 is 4.74 Å². The van der Waals surface area contributed by atoms with Gasteiger partial charge in [-0.2, -0.15) is 0 Å². The van der Waals surface area contributed by atoms with E-state index < -0.39 is 0 Å². The van der Waals surface area contributed by atoms with Crippen LogP contribution >= 0.6 is 23.2 Å². The van der Waals surface area contributed by atoms with E-state index in [1.807, 2.05) is 28.8 Å². The number of hydrogen-bond donors (Lipinski definition) is 0. The Labute approximate surface area is 122 Å². The van der Waals surface area contributed by atoms with Gasteiger partial charge in [0, 0.05) is 25.1 Å². The molecule has 0 saturated carbocycles. The van der Waals surface area contributed by atoms with Crippen molar-refractivity contribution >= 4 is 23.2 Å². The summed E-state index contributed by atoms with van der Waals surface area (Å²) in [6.45, 7) is 1.28. The molecule has 1 aromatic carbocycles. The molecule has 2 rings (SSSR count). The molecule has 0 fully saturated rings. The van der Waals surface area contributed by atoms with Gasteiger partial charge in [0.2, 0.25) is 0 Å². The first-order chi connectivity index (χ1) is 9.26. The van der Waals surface area contributed by atoms with Gasteiger partial charge in [0.25, 0.3) is 0 Å². The fourth-order valence-electron chi connectivity index (χ4n) is 1.85. The Hall–Kier alpha value is -1.10. The van der Waals surface area contributed by atoms with Gasteiger partial charge in [-0.1, -0.05) is 29.8 Å². The summed E-state index contributed by atoms with van der Waals surface area (Å²) >= 11 is 12.0. The van der Waals surface area contributed by atoms with Gasteiger partial charge in [0.1, 0.15) is 11.6 Å². The third-order valence-electron chi connectivity index (χ3n) is 2.85. The van der Waals surface area contributed by atoms with Crippen LogP contribution in [-0.2, 0) is 23.6 Å². The maximum absolute atomic E-state index is 6.16. The summed E-state index contributed by atoms with van der Waals surface area (Å²) in [5.74, 6) is 1.93. The van der Waals surface area contributed by atoms with Crippen LogP contribution in [0, 0.1) is 0 Å². The fourth-order valence-corrected chi connectivity index (χ4v) is 2.26. The van der Waals surface area contributed by atoms with E-state index in [0.717, 1.165) is 22.2 Å². The Kier molecular flexibility index (Phi) is 5.19. The van der Waals surface area contributed by atoms with Crippen LogP contribution in [-0.4, -0.2) is 28.5 Å². The average Bonchev–Trinajstić information content (AvgIpc) is 2.81. The highest BCUT2D eigenvalue weighted by Gasteiger charge is 2.12. The monoisotopic (exact) mass is 299 g/mol. The van der Waals surface area contributed by atoms with Crippen LogP contribution < -0.4 is 0 Å². The molecule has 0 N–H and O–H groups in total. The van der Waals surface area contributed by atoms with Crippen molar-refractivity contribution in [3.05, 3.63) is 46.5 Å². The van der Waals surface area contributed by atoms with Crippen LogP contribution in [0.25, 0.3) is 0 Å². The van der Waals surface area contributed by atoms with E-state index in [1.165, 1.54) is 0 Å². The molecule has 0 unspecified atom stereocenters. The fraction of sp³-hybridized carbons (Fsp3) is 0.385. The number of hydrogen-bond acceptors (Lipinski definition) is 3. The molecule has 1 aromatic heterocycles. The molecular weight excluding hydrogens is 285 g/mol. The molecule has 102 valence electrons. The van der Waals surface area contributed by atoms with Crippen LogP contribution in [0.3, 0.4) is 0 Å². The topological polar surface area (TPSA) is 39.9 Å². The van der Waals surface area contributed by atoms with E-state index in [1.54, 1.807) is 7.11 Å². The van der Waals surface area contributed by atoms with Crippen LogP contribution in [0.15, 0.2) is 24.3 Å². The minimum absolute atomic E-state index is 0.333. The molecule has 0 bridgehead atoms. The van der Waals surface area contributed by atoms with Crippen molar-refractivity contribution in [1.29, 1.82) is 0 Å². The summed E-state index contributed by atoms with van der Waals surface area (Å²) in [5.41, 5.74) is 1.02. The van der Waals surface area contributed by atoms with Crippen molar-refractivity contribution in [3.63, 3.8) is 0 Å². The second kappa shape index (κ2) is 6.89. The van der Waals surface area contributed by atoms with E-state index >= 15 is 0 Å². The van der Waals surface area contributed by atoms with Crippen LogP contribution in [0.2, 0.25) is 5.02 Å². The third-order valence-corrected chi connectivity index (χ3v) is 3.46. The summed E-state index contributed by atoms with van der Waals surface area (Å²) < 4.78 is 7.08. The van der Waals surface area contributed by atoms with E-state index in [2.05, 4.69) is 10.2 Å². The maximum atomic E-state index is 6.16. The lowest BCUT2D eigenvalue weighted by atomic mass is 10.1. The first-order valence-electron chi connectivity index (χ1n) is 5.95. The molecule has 0 radical (unpaired) electrons. The Bertz CT molecular complexity index is 542. The van der Waals surface area contributed by atoms with Gasteiger partial charge < -0.3 is 9.30 Å². The Morgan fingerprint density at radius 2 is 1.95 bits per heavy atom. The smallest absolute Gasteiger partial charge is 0.148 e. The number of benzene rings is 1. The zero-order valence-electron chi connectivity index (χ0n) is 10.6. The van der Waals surface area contributed by atoms with Gasteiger partial charge in [0.15, 0.2) is 0 Å².